The van der Waals surface area contributed by atoms with Crippen molar-refractivity contribution >= 4 is 22.4 Å². The smallest absolute Gasteiger partial charge is 0.257 e. The number of aryl methyl sites for hydroxylation is 1. The molecular weight excluding hydrogens is 270 g/mol. The molecule has 0 bridgehead atoms. The number of carbonyl (C=O) groups excluding carboxylic acids is 1. The Morgan fingerprint density at radius 2 is 2.25 bits per heavy atom. The molecular formula is C15H15N3OS. The van der Waals surface area contributed by atoms with Crippen molar-refractivity contribution in [3.8, 4) is 11.8 Å². The predicted molar refractivity (Wildman–Crippen MR) is 81.9 cm³/mol. The van der Waals surface area contributed by atoms with E-state index in [1.54, 1.807) is 12.3 Å². The van der Waals surface area contributed by atoms with Crippen molar-refractivity contribution in [1.29, 1.82) is 0 Å². The van der Waals surface area contributed by atoms with Crippen molar-refractivity contribution in [3.63, 3.8) is 0 Å². The van der Waals surface area contributed by atoms with Gasteiger partial charge in [0, 0.05) is 5.56 Å². The molecule has 0 spiro atoms. The van der Waals surface area contributed by atoms with E-state index >= 15 is 0 Å². The number of hydrogen-bond donors (Lipinski definition) is 2. The van der Waals surface area contributed by atoms with E-state index in [0.29, 0.717) is 17.2 Å². The highest BCUT2D eigenvalue weighted by molar-refractivity contribution is 7.16. The second-order valence-corrected chi connectivity index (χ2v) is 5.27. The molecule has 1 aromatic carbocycles. The van der Waals surface area contributed by atoms with E-state index in [0.717, 1.165) is 16.0 Å². The summed E-state index contributed by atoms with van der Waals surface area (Å²) in [4.78, 5) is 17.1. The highest BCUT2D eigenvalue weighted by Crippen LogP contribution is 2.19. The van der Waals surface area contributed by atoms with Gasteiger partial charge in [-0.05, 0) is 31.0 Å². The second-order valence-electron chi connectivity index (χ2n) is 4.24. The molecule has 0 aliphatic rings. The summed E-state index contributed by atoms with van der Waals surface area (Å²) in [6.45, 7) is 4.22. The molecule has 102 valence electrons. The molecule has 3 N–H and O–H groups in total. The highest BCUT2D eigenvalue weighted by atomic mass is 32.1. The molecule has 1 aromatic heterocycles. The first-order valence-corrected chi connectivity index (χ1v) is 6.96. The first-order chi connectivity index (χ1) is 9.61. The maximum atomic E-state index is 12.2. The summed E-state index contributed by atoms with van der Waals surface area (Å²) in [6, 6.07) is 5.66. The van der Waals surface area contributed by atoms with Crippen LogP contribution in [0.1, 0.15) is 26.4 Å². The monoisotopic (exact) mass is 285 g/mol. The van der Waals surface area contributed by atoms with Crippen molar-refractivity contribution < 1.29 is 4.79 Å². The van der Waals surface area contributed by atoms with Crippen LogP contribution in [0.2, 0.25) is 0 Å². The van der Waals surface area contributed by atoms with Crippen molar-refractivity contribution in [2.45, 2.75) is 13.8 Å². The molecule has 0 saturated carbocycles. The van der Waals surface area contributed by atoms with Crippen molar-refractivity contribution in [2.24, 2.45) is 5.73 Å². The number of anilines is 1. The molecule has 0 unspecified atom stereocenters. The Hall–Kier alpha value is -2.16. The minimum Gasteiger partial charge on any atom is -0.320 e. The van der Waals surface area contributed by atoms with E-state index in [1.807, 2.05) is 26.0 Å². The lowest BCUT2D eigenvalue weighted by molar-refractivity contribution is 0.102. The summed E-state index contributed by atoms with van der Waals surface area (Å²) in [5.74, 6) is 5.49. The van der Waals surface area contributed by atoms with Gasteiger partial charge in [-0.2, -0.15) is 0 Å². The van der Waals surface area contributed by atoms with Gasteiger partial charge in [0.05, 0.1) is 17.6 Å². The molecule has 5 heteroatoms. The van der Waals surface area contributed by atoms with E-state index in [-0.39, 0.29) is 5.91 Å². The standard InChI is InChI=1S/C15H15N3OS/c1-10-5-3-7-13(11(10)2)14(19)18-15-17-9-12(20-15)6-4-8-16/h3,5,7,9H,8,16H2,1-2H3,(H,17,18,19). The molecule has 2 aromatic rings. The molecule has 0 radical (unpaired) electrons. The Labute approximate surface area is 122 Å². The largest absolute Gasteiger partial charge is 0.320 e. The number of rotatable bonds is 2. The van der Waals surface area contributed by atoms with Gasteiger partial charge in [0.15, 0.2) is 5.13 Å². The number of carbonyl (C=O) groups is 1. The molecule has 20 heavy (non-hydrogen) atoms. The zero-order chi connectivity index (χ0) is 14.5. The van der Waals surface area contributed by atoms with Crippen LogP contribution in [0.5, 0.6) is 0 Å². The van der Waals surface area contributed by atoms with Gasteiger partial charge in [0.2, 0.25) is 0 Å². The van der Waals surface area contributed by atoms with Crippen LogP contribution < -0.4 is 11.1 Å². The quantitative estimate of drug-likeness (QED) is 0.832. The van der Waals surface area contributed by atoms with Gasteiger partial charge in [-0.1, -0.05) is 35.3 Å². The number of hydrogen-bond acceptors (Lipinski definition) is 4. The second kappa shape index (κ2) is 6.33. The molecule has 1 amide bonds. The molecule has 0 fully saturated rings. The van der Waals surface area contributed by atoms with Gasteiger partial charge < -0.3 is 5.73 Å². The van der Waals surface area contributed by atoms with Crippen molar-refractivity contribution in [1.82, 2.24) is 4.98 Å². The Balaban J connectivity index is 2.15. The van der Waals surface area contributed by atoms with E-state index in [4.69, 9.17) is 5.73 Å². The zero-order valence-electron chi connectivity index (χ0n) is 11.4. The average Bonchev–Trinajstić information content (AvgIpc) is 2.87. The van der Waals surface area contributed by atoms with E-state index in [1.165, 1.54) is 11.3 Å². The normalized spacial score (nSPS) is 9.75. The summed E-state index contributed by atoms with van der Waals surface area (Å²) < 4.78 is 0. The fraction of sp³-hybridized carbons (Fsp3) is 0.200. The summed E-state index contributed by atoms with van der Waals surface area (Å²) in [7, 11) is 0. The zero-order valence-corrected chi connectivity index (χ0v) is 12.2. The minimum atomic E-state index is -0.154. The van der Waals surface area contributed by atoms with Crippen LogP contribution >= 0.6 is 11.3 Å². The Kier molecular flexibility index (Phi) is 4.51. The number of thiazole rings is 1. The van der Waals surface area contributed by atoms with Crippen LogP contribution in [0, 0.1) is 25.7 Å². The fourth-order valence-electron chi connectivity index (χ4n) is 1.69. The number of nitrogens with zero attached hydrogens (tertiary/aromatic N) is 1. The lowest BCUT2D eigenvalue weighted by Crippen LogP contribution is -2.13. The van der Waals surface area contributed by atoms with Gasteiger partial charge >= 0.3 is 0 Å². The van der Waals surface area contributed by atoms with Gasteiger partial charge in [0.1, 0.15) is 0 Å². The lowest BCUT2D eigenvalue weighted by atomic mass is 10.0. The average molecular weight is 285 g/mol. The third-order valence-corrected chi connectivity index (χ3v) is 3.72. The van der Waals surface area contributed by atoms with Crippen molar-refractivity contribution in [2.75, 3.05) is 11.9 Å². The number of nitrogens with one attached hydrogen (secondary N) is 1. The number of benzene rings is 1. The molecule has 0 aliphatic carbocycles. The van der Waals surface area contributed by atoms with Crippen LogP contribution in [-0.2, 0) is 0 Å². The first kappa shape index (κ1) is 14.3. The van der Waals surface area contributed by atoms with Crippen LogP contribution in [-0.4, -0.2) is 17.4 Å². The summed E-state index contributed by atoms with van der Waals surface area (Å²) >= 11 is 1.33. The summed E-state index contributed by atoms with van der Waals surface area (Å²) in [5, 5.41) is 3.33. The molecule has 0 atom stereocenters. The van der Waals surface area contributed by atoms with Gasteiger partial charge in [-0.25, -0.2) is 4.98 Å². The van der Waals surface area contributed by atoms with Gasteiger partial charge in [0.25, 0.3) is 5.91 Å². The number of amides is 1. The van der Waals surface area contributed by atoms with Crippen LogP contribution in [0.15, 0.2) is 24.4 Å². The molecule has 1 heterocycles. The molecule has 4 nitrogen and oxygen atoms in total. The maximum Gasteiger partial charge on any atom is 0.257 e. The predicted octanol–water partition coefficient (Wildman–Crippen LogP) is 2.32. The third kappa shape index (κ3) is 3.23. The van der Waals surface area contributed by atoms with Crippen LogP contribution in [0.3, 0.4) is 0 Å². The molecule has 0 aliphatic heterocycles. The Morgan fingerprint density at radius 3 is 3.00 bits per heavy atom. The molecule has 2 rings (SSSR count). The van der Waals surface area contributed by atoms with E-state index < -0.39 is 0 Å². The highest BCUT2D eigenvalue weighted by Gasteiger charge is 2.11. The topological polar surface area (TPSA) is 68.0 Å². The van der Waals surface area contributed by atoms with Crippen LogP contribution in [0.4, 0.5) is 5.13 Å². The molecule has 0 saturated heterocycles. The SMILES string of the molecule is Cc1cccc(C(=O)Nc2ncc(C#CCN)s2)c1C. The Bertz CT molecular complexity index is 695. The van der Waals surface area contributed by atoms with Gasteiger partial charge in [-0.15, -0.1) is 0 Å². The van der Waals surface area contributed by atoms with E-state index in [9.17, 15) is 4.79 Å². The number of nitrogens with two attached hydrogens (primary N) is 1. The number of aromatic nitrogens is 1. The van der Waals surface area contributed by atoms with Crippen molar-refractivity contribution in [3.05, 3.63) is 46.0 Å². The third-order valence-electron chi connectivity index (χ3n) is 2.89. The van der Waals surface area contributed by atoms with E-state index in [2.05, 4.69) is 22.1 Å². The summed E-state index contributed by atoms with van der Waals surface area (Å²) in [6.07, 6.45) is 1.63. The minimum absolute atomic E-state index is 0.154. The lowest BCUT2D eigenvalue weighted by Gasteiger charge is -2.07. The maximum absolute atomic E-state index is 12.2. The fourth-order valence-corrected chi connectivity index (χ4v) is 2.38. The van der Waals surface area contributed by atoms with Crippen LogP contribution in [0.25, 0.3) is 0 Å². The first-order valence-electron chi connectivity index (χ1n) is 6.14. The summed E-state index contributed by atoms with van der Waals surface area (Å²) in [5.41, 5.74) is 8.04. The van der Waals surface area contributed by atoms with Gasteiger partial charge in [-0.3, -0.25) is 10.1 Å². The Morgan fingerprint density at radius 1 is 1.45 bits per heavy atom.